The third-order valence-corrected chi connectivity index (χ3v) is 5.58. The maximum absolute atomic E-state index is 14.3. The number of nitrogens with one attached hydrogen (secondary N) is 1. The molecule has 5 aromatic heterocycles. The number of halogens is 1. The minimum absolute atomic E-state index is 0.0876. The second-order valence-electron chi connectivity index (χ2n) is 7.58. The molecule has 0 radical (unpaired) electrons. The van der Waals surface area contributed by atoms with Crippen molar-refractivity contribution in [3.8, 4) is 11.6 Å². The van der Waals surface area contributed by atoms with Crippen molar-refractivity contribution in [1.29, 1.82) is 0 Å². The highest BCUT2D eigenvalue weighted by Crippen LogP contribution is 2.34. The van der Waals surface area contributed by atoms with Gasteiger partial charge in [0.25, 0.3) is 5.91 Å². The number of nitrogens with zero attached hydrogens (tertiary/aromatic N) is 7. The summed E-state index contributed by atoms with van der Waals surface area (Å²) in [5.41, 5.74) is 2.98. The smallest absolute Gasteiger partial charge is 0.292 e. The molecule has 1 N–H and O–H groups in total. The number of aryl methyl sites for hydroxylation is 1. The van der Waals surface area contributed by atoms with Crippen molar-refractivity contribution in [2.24, 2.45) is 7.05 Å². The van der Waals surface area contributed by atoms with Crippen molar-refractivity contribution in [3.63, 3.8) is 0 Å². The van der Waals surface area contributed by atoms with E-state index in [9.17, 15) is 9.18 Å². The van der Waals surface area contributed by atoms with Gasteiger partial charge in [0.1, 0.15) is 23.1 Å². The number of hydrogen-bond acceptors (Lipinski definition) is 6. The minimum Gasteiger partial charge on any atom is -0.429 e. The highest BCUT2D eigenvalue weighted by atomic mass is 19.1. The van der Waals surface area contributed by atoms with Crippen molar-refractivity contribution >= 4 is 11.4 Å². The molecule has 10 nitrogen and oxygen atoms in total. The number of aromatic amines is 1. The molecular formula is C21H17FN8O2. The average Bonchev–Trinajstić information content (AvgIpc) is 3.57. The lowest BCUT2D eigenvalue weighted by Crippen LogP contribution is -2.40. The Kier molecular flexibility index (Phi) is 3.97. The summed E-state index contributed by atoms with van der Waals surface area (Å²) in [5.74, 6) is -0.393. The lowest BCUT2D eigenvalue weighted by molar-refractivity contribution is 0.0655. The van der Waals surface area contributed by atoms with Crippen LogP contribution in [0.4, 0.5) is 4.39 Å². The molecule has 32 heavy (non-hydrogen) atoms. The number of fused-ring (bicyclic) bond motifs is 2. The molecule has 0 spiro atoms. The Hall–Kier alpha value is -4.28. The maximum atomic E-state index is 14.3. The number of oxazole rings is 1. The molecule has 6 rings (SSSR count). The van der Waals surface area contributed by atoms with Crippen LogP contribution in [0.15, 0.2) is 53.6 Å². The second kappa shape index (κ2) is 6.87. The molecule has 0 saturated heterocycles. The fourth-order valence-corrected chi connectivity index (χ4v) is 4.09. The zero-order valence-electron chi connectivity index (χ0n) is 16.9. The standard InChI is InChI=1S/C21H17FN8O2/c1-28-7-4-14(26-28)20-23-10-17(32-20)21(31)29-8-5-13-18(25-11-24-13)19(29)15-9-16-12(22)3-2-6-30(16)27-15/h2-4,6-7,9-11,19H,5,8H2,1H3,(H,24,25)/t19-/m1/s1. The van der Waals surface area contributed by atoms with E-state index in [2.05, 4.69) is 25.1 Å². The van der Waals surface area contributed by atoms with Crippen molar-refractivity contribution in [1.82, 2.24) is 39.2 Å². The number of amides is 1. The first kappa shape index (κ1) is 18.5. The summed E-state index contributed by atoms with van der Waals surface area (Å²) in [7, 11) is 1.79. The van der Waals surface area contributed by atoms with Gasteiger partial charge in [-0.25, -0.2) is 18.9 Å². The Morgan fingerprint density at radius 1 is 1.25 bits per heavy atom. The molecule has 11 heteroatoms. The van der Waals surface area contributed by atoms with Crippen LogP contribution in [0.1, 0.15) is 33.7 Å². The molecule has 1 aliphatic rings. The van der Waals surface area contributed by atoms with Crippen LogP contribution >= 0.6 is 0 Å². The Labute approximate surface area is 180 Å². The molecule has 1 atom stereocenters. The molecule has 160 valence electrons. The van der Waals surface area contributed by atoms with Crippen LogP contribution in [-0.2, 0) is 13.5 Å². The van der Waals surface area contributed by atoms with Crippen LogP contribution in [0.2, 0.25) is 0 Å². The van der Waals surface area contributed by atoms with Gasteiger partial charge in [-0.1, -0.05) is 0 Å². The second-order valence-corrected chi connectivity index (χ2v) is 7.58. The quantitative estimate of drug-likeness (QED) is 0.469. The van der Waals surface area contributed by atoms with E-state index in [4.69, 9.17) is 4.42 Å². The van der Waals surface area contributed by atoms with Gasteiger partial charge in [0.2, 0.25) is 11.7 Å². The van der Waals surface area contributed by atoms with E-state index >= 15 is 0 Å². The van der Waals surface area contributed by atoms with Crippen molar-refractivity contribution in [3.05, 3.63) is 77.8 Å². The molecule has 0 saturated carbocycles. The zero-order valence-corrected chi connectivity index (χ0v) is 16.9. The number of imidazole rings is 1. The molecule has 1 amide bonds. The van der Waals surface area contributed by atoms with Crippen molar-refractivity contribution in [2.45, 2.75) is 12.5 Å². The van der Waals surface area contributed by atoms with Gasteiger partial charge in [-0.2, -0.15) is 10.2 Å². The molecular weight excluding hydrogens is 415 g/mol. The molecule has 6 heterocycles. The number of aromatic nitrogens is 7. The van der Waals surface area contributed by atoms with Gasteiger partial charge in [0.05, 0.1) is 23.9 Å². The van der Waals surface area contributed by atoms with Crippen LogP contribution in [0.5, 0.6) is 0 Å². The number of carbonyl (C=O) groups is 1. The summed E-state index contributed by atoms with van der Waals surface area (Å²) in [5, 5.41) is 8.78. The third kappa shape index (κ3) is 2.82. The highest BCUT2D eigenvalue weighted by Gasteiger charge is 2.37. The third-order valence-electron chi connectivity index (χ3n) is 5.58. The first-order valence-corrected chi connectivity index (χ1v) is 10.0. The topological polar surface area (TPSA) is 110 Å². The molecule has 5 aromatic rings. The summed E-state index contributed by atoms with van der Waals surface area (Å²) in [6.07, 6.45) is 7.02. The van der Waals surface area contributed by atoms with E-state index in [0.29, 0.717) is 35.6 Å². The van der Waals surface area contributed by atoms with Crippen molar-refractivity contribution in [2.75, 3.05) is 6.54 Å². The number of H-pyrrole nitrogens is 1. The van der Waals surface area contributed by atoms with E-state index in [1.807, 2.05) is 0 Å². The lowest BCUT2D eigenvalue weighted by atomic mass is 9.99. The zero-order chi connectivity index (χ0) is 21.8. The van der Waals surface area contributed by atoms with Gasteiger partial charge in [-0.3, -0.25) is 9.48 Å². The van der Waals surface area contributed by atoms with Gasteiger partial charge in [-0.05, 0) is 24.3 Å². The Morgan fingerprint density at radius 3 is 2.97 bits per heavy atom. The molecule has 0 unspecified atom stereocenters. The summed E-state index contributed by atoms with van der Waals surface area (Å²) in [6, 6.07) is 5.75. The number of hydrogen-bond donors (Lipinski definition) is 1. The van der Waals surface area contributed by atoms with Gasteiger partial charge < -0.3 is 14.3 Å². The van der Waals surface area contributed by atoms with Crippen LogP contribution < -0.4 is 0 Å². The van der Waals surface area contributed by atoms with Crippen LogP contribution in [0.25, 0.3) is 17.1 Å². The summed E-state index contributed by atoms with van der Waals surface area (Å²) in [6.45, 7) is 0.411. The van der Waals surface area contributed by atoms with Gasteiger partial charge in [0.15, 0.2) is 0 Å². The number of pyridine rings is 1. The molecule has 1 aliphatic heterocycles. The van der Waals surface area contributed by atoms with Gasteiger partial charge in [-0.15, -0.1) is 0 Å². The van der Waals surface area contributed by atoms with E-state index in [-0.39, 0.29) is 17.6 Å². The fraction of sp³-hybridized carbons (Fsp3) is 0.190. The molecule has 0 bridgehead atoms. The van der Waals surface area contributed by atoms with E-state index < -0.39 is 11.9 Å². The van der Waals surface area contributed by atoms with Crippen LogP contribution in [0.3, 0.4) is 0 Å². The maximum Gasteiger partial charge on any atom is 0.292 e. The van der Waals surface area contributed by atoms with Crippen LogP contribution in [0, 0.1) is 5.82 Å². The SMILES string of the molecule is Cn1ccc(-c2ncc(C(=O)N3CCc4[nH]cnc4[C@H]3c3cc4c(F)cccn4n3)o2)n1. The van der Waals surface area contributed by atoms with Gasteiger partial charge >= 0.3 is 0 Å². The van der Waals surface area contributed by atoms with E-state index in [1.54, 1.807) is 53.5 Å². The monoisotopic (exact) mass is 432 g/mol. The minimum atomic E-state index is -0.597. The molecule has 0 fully saturated rings. The molecule has 0 aromatic carbocycles. The predicted octanol–water partition coefficient (Wildman–Crippen LogP) is 2.37. The Balaban J connectivity index is 1.41. The largest absolute Gasteiger partial charge is 0.429 e. The fourth-order valence-electron chi connectivity index (χ4n) is 4.09. The van der Waals surface area contributed by atoms with Crippen LogP contribution in [-0.4, -0.2) is 51.7 Å². The normalized spacial score (nSPS) is 15.9. The Morgan fingerprint density at radius 2 is 2.16 bits per heavy atom. The predicted molar refractivity (Wildman–Crippen MR) is 109 cm³/mol. The Bertz CT molecular complexity index is 1460. The van der Waals surface area contributed by atoms with E-state index in [0.717, 1.165) is 5.69 Å². The van der Waals surface area contributed by atoms with Crippen molar-refractivity contribution < 1.29 is 13.6 Å². The summed E-state index contributed by atoms with van der Waals surface area (Å²) < 4.78 is 23.1. The number of rotatable bonds is 3. The summed E-state index contributed by atoms with van der Waals surface area (Å²) >= 11 is 0. The number of carbonyl (C=O) groups excluding carboxylic acids is 1. The average molecular weight is 432 g/mol. The summed E-state index contributed by atoms with van der Waals surface area (Å²) in [4.78, 5) is 26.9. The van der Waals surface area contributed by atoms with E-state index in [1.165, 1.54) is 16.8 Å². The van der Waals surface area contributed by atoms with Gasteiger partial charge in [0, 0.05) is 38.1 Å². The molecule has 0 aliphatic carbocycles. The highest BCUT2D eigenvalue weighted by molar-refractivity contribution is 5.92. The lowest BCUT2D eigenvalue weighted by Gasteiger charge is -2.33. The first-order chi connectivity index (χ1) is 15.6. The first-order valence-electron chi connectivity index (χ1n) is 10.0.